The molecule has 0 aliphatic heterocycles. The van der Waals surface area contributed by atoms with Gasteiger partial charge in [-0.05, 0) is 39.3 Å². The topological polar surface area (TPSA) is 23.5 Å². The van der Waals surface area contributed by atoms with Gasteiger partial charge < -0.3 is 10.0 Å². The van der Waals surface area contributed by atoms with E-state index in [1.54, 1.807) is 13.0 Å². The van der Waals surface area contributed by atoms with Gasteiger partial charge in [0, 0.05) is 23.8 Å². The zero-order chi connectivity index (χ0) is 13.0. The Bertz CT molecular complexity index is 365. The smallest absolute Gasteiger partial charge is 0.131 e. The maximum absolute atomic E-state index is 13.8. The molecule has 2 nitrogen and oxygen atoms in total. The monoisotopic (exact) mass is 239 g/mol. The predicted molar refractivity (Wildman–Crippen MR) is 69.8 cm³/mol. The second-order valence-electron chi connectivity index (χ2n) is 4.39. The second-order valence-corrected chi connectivity index (χ2v) is 4.39. The summed E-state index contributed by atoms with van der Waals surface area (Å²) in [5.74, 6) is -0.334. The number of hydrogen-bond donors (Lipinski definition) is 1. The molecule has 17 heavy (non-hydrogen) atoms. The minimum absolute atomic E-state index is 0.333. The summed E-state index contributed by atoms with van der Waals surface area (Å²) >= 11 is 0. The first-order valence-electron chi connectivity index (χ1n) is 6.26. The molecule has 96 valence electrons. The standard InChI is InChI=1S/C14H22FNO/c1-5-10(3)16(6-2)13-9-7-8-12(15)14(13)11(4)17/h7-11,17H,5-6H2,1-4H3/t10?,11-/m0/s1. The average Bonchev–Trinajstić information content (AvgIpc) is 2.29. The summed E-state index contributed by atoms with van der Waals surface area (Å²) in [5, 5.41) is 9.72. The van der Waals surface area contributed by atoms with Crippen molar-refractivity contribution < 1.29 is 9.50 Å². The molecule has 1 aromatic rings. The van der Waals surface area contributed by atoms with E-state index in [1.807, 2.05) is 13.0 Å². The number of aliphatic hydroxyl groups excluding tert-OH is 1. The van der Waals surface area contributed by atoms with Gasteiger partial charge in [0.25, 0.3) is 0 Å². The predicted octanol–water partition coefficient (Wildman–Crippen LogP) is 3.50. The average molecular weight is 239 g/mol. The van der Waals surface area contributed by atoms with Crippen LogP contribution in [-0.4, -0.2) is 17.7 Å². The molecule has 0 amide bonds. The van der Waals surface area contributed by atoms with Crippen LogP contribution in [0.1, 0.15) is 45.8 Å². The molecule has 0 saturated carbocycles. The highest BCUT2D eigenvalue weighted by molar-refractivity contribution is 5.55. The van der Waals surface area contributed by atoms with Crippen molar-refractivity contribution in [3.05, 3.63) is 29.6 Å². The summed E-state index contributed by atoms with van der Waals surface area (Å²) in [6.45, 7) is 8.67. The third-order valence-corrected chi connectivity index (χ3v) is 3.22. The summed E-state index contributed by atoms with van der Waals surface area (Å²) in [5.41, 5.74) is 1.20. The Labute approximate surface area is 103 Å². The minimum atomic E-state index is -0.788. The van der Waals surface area contributed by atoms with Crippen LogP contribution in [0.25, 0.3) is 0 Å². The normalized spacial score (nSPS) is 14.5. The fourth-order valence-corrected chi connectivity index (χ4v) is 2.13. The number of halogens is 1. The van der Waals surface area contributed by atoms with Gasteiger partial charge in [0.05, 0.1) is 6.10 Å². The van der Waals surface area contributed by atoms with Crippen molar-refractivity contribution in [3.8, 4) is 0 Å². The van der Waals surface area contributed by atoms with Crippen molar-refractivity contribution in [2.24, 2.45) is 0 Å². The molecule has 0 aliphatic rings. The van der Waals surface area contributed by atoms with E-state index in [0.717, 1.165) is 18.7 Å². The number of aliphatic hydroxyl groups is 1. The first-order valence-corrected chi connectivity index (χ1v) is 6.26. The molecule has 0 bridgehead atoms. The van der Waals surface area contributed by atoms with Crippen molar-refractivity contribution >= 4 is 5.69 Å². The van der Waals surface area contributed by atoms with Crippen molar-refractivity contribution in [2.75, 3.05) is 11.4 Å². The van der Waals surface area contributed by atoms with Gasteiger partial charge in [0.15, 0.2) is 0 Å². The van der Waals surface area contributed by atoms with E-state index in [4.69, 9.17) is 0 Å². The molecule has 0 fully saturated rings. The van der Waals surface area contributed by atoms with Crippen LogP contribution >= 0.6 is 0 Å². The molecule has 3 heteroatoms. The van der Waals surface area contributed by atoms with Gasteiger partial charge in [0.2, 0.25) is 0 Å². The van der Waals surface area contributed by atoms with E-state index in [2.05, 4.69) is 18.7 Å². The third-order valence-electron chi connectivity index (χ3n) is 3.22. The van der Waals surface area contributed by atoms with E-state index in [-0.39, 0.29) is 5.82 Å². The fraction of sp³-hybridized carbons (Fsp3) is 0.571. The Morgan fingerprint density at radius 2 is 1.94 bits per heavy atom. The van der Waals surface area contributed by atoms with E-state index < -0.39 is 6.10 Å². The van der Waals surface area contributed by atoms with Crippen LogP contribution in [0.2, 0.25) is 0 Å². The largest absolute Gasteiger partial charge is 0.389 e. The highest BCUT2D eigenvalue weighted by atomic mass is 19.1. The molecule has 0 aromatic heterocycles. The van der Waals surface area contributed by atoms with Crippen molar-refractivity contribution in [1.82, 2.24) is 0 Å². The van der Waals surface area contributed by atoms with E-state index in [9.17, 15) is 9.50 Å². The fourth-order valence-electron chi connectivity index (χ4n) is 2.13. The summed E-state index contributed by atoms with van der Waals surface area (Å²) in [4.78, 5) is 2.13. The summed E-state index contributed by atoms with van der Waals surface area (Å²) in [6.07, 6.45) is 0.202. The molecule has 0 aliphatic carbocycles. The minimum Gasteiger partial charge on any atom is -0.389 e. The molecule has 1 aromatic carbocycles. The maximum Gasteiger partial charge on any atom is 0.131 e. The second kappa shape index (κ2) is 6.01. The van der Waals surface area contributed by atoms with Crippen molar-refractivity contribution in [3.63, 3.8) is 0 Å². The Morgan fingerprint density at radius 1 is 1.29 bits per heavy atom. The molecule has 1 N–H and O–H groups in total. The molecule has 0 saturated heterocycles. The third kappa shape index (κ3) is 2.97. The lowest BCUT2D eigenvalue weighted by Crippen LogP contribution is -2.33. The quantitative estimate of drug-likeness (QED) is 0.850. The van der Waals surface area contributed by atoms with Gasteiger partial charge in [-0.1, -0.05) is 13.0 Å². The summed E-state index contributed by atoms with van der Waals surface area (Å²) in [7, 11) is 0. The van der Waals surface area contributed by atoms with Crippen LogP contribution in [0.4, 0.5) is 10.1 Å². The van der Waals surface area contributed by atoms with Gasteiger partial charge >= 0.3 is 0 Å². The van der Waals surface area contributed by atoms with Crippen molar-refractivity contribution in [1.29, 1.82) is 0 Å². The molecule has 2 atom stereocenters. The Balaban J connectivity index is 3.23. The van der Waals surface area contributed by atoms with E-state index in [1.165, 1.54) is 6.07 Å². The molecule has 0 heterocycles. The Kier molecular flexibility index (Phi) is 4.94. The number of rotatable bonds is 5. The zero-order valence-corrected chi connectivity index (χ0v) is 11.1. The number of benzene rings is 1. The number of nitrogens with zero attached hydrogens (tertiary/aromatic N) is 1. The first kappa shape index (κ1) is 14.0. The zero-order valence-electron chi connectivity index (χ0n) is 11.1. The van der Waals surface area contributed by atoms with Crippen LogP contribution < -0.4 is 4.90 Å². The van der Waals surface area contributed by atoms with Crippen LogP contribution in [0.5, 0.6) is 0 Å². The van der Waals surface area contributed by atoms with Gasteiger partial charge in [0.1, 0.15) is 5.82 Å². The van der Waals surface area contributed by atoms with E-state index in [0.29, 0.717) is 11.6 Å². The highest BCUT2D eigenvalue weighted by Crippen LogP contribution is 2.30. The van der Waals surface area contributed by atoms with Gasteiger partial charge in [-0.2, -0.15) is 0 Å². The van der Waals surface area contributed by atoms with Crippen LogP contribution in [0, 0.1) is 5.82 Å². The lowest BCUT2D eigenvalue weighted by Gasteiger charge is -2.32. The lowest BCUT2D eigenvalue weighted by molar-refractivity contribution is 0.194. The Morgan fingerprint density at radius 3 is 2.41 bits per heavy atom. The Hall–Kier alpha value is -1.09. The molecule has 0 radical (unpaired) electrons. The molecular formula is C14H22FNO. The van der Waals surface area contributed by atoms with Gasteiger partial charge in [-0.15, -0.1) is 0 Å². The lowest BCUT2D eigenvalue weighted by atomic mass is 10.0. The number of hydrogen-bond acceptors (Lipinski definition) is 2. The summed E-state index contributed by atoms with van der Waals surface area (Å²) in [6, 6.07) is 5.30. The van der Waals surface area contributed by atoms with Crippen LogP contribution in [0.15, 0.2) is 18.2 Å². The molecule has 1 rings (SSSR count). The van der Waals surface area contributed by atoms with Crippen molar-refractivity contribution in [2.45, 2.75) is 46.3 Å². The highest BCUT2D eigenvalue weighted by Gasteiger charge is 2.19. The SMILES string of the molecule is CCC(C)N(CC)c1cccc(F)c1[C@H](C)O. The molecule has 0 spiro atoms. The number of anilines is 1. The van der Waals surface area contributed by atoms with Crippen LogP contribution in [0.3, 0.4) is 0 Å². The molecule has 1 unspecified atom stereocenters. The maximum atomic E-state index is 13.8. The molecular weight excluding hydrogens is 217 g/mol. The first-order chi connectivity index (χ1) is 8.02. The van der Waals surface area contributed by atoms with Gasteiger partial charge in [-0.25, -0.2) is 4.39 Å². The van der Waals surface area contributed by atoms with Crippen LogP contribution in [-0.2, 0) is 0 Å². The summed E-state index contributed by atoms with van der Waals surface area (Å²) < 4.78 is 13.8. The van der Waals surface area contributed by atoms with E-state index >= 15 is 0 Å². The van der Waals surface area contributed by atoms with Gasteiger partial charge in [-0.3, -0.25) is 0 Å².